The molecule has 0 bridgehead atoms. The van der Waals surface area contributed by atoms with Gasteiger partial charge in [-0.25, -0.2) is 0 Å². The molecule has 0 radical (unpaired) electrons. The third-order valence-electron chi connectivity index (χ3n) is 5.51. The van der Waals surface area contributed by atoms with E-state index in [0.717, 1.165) is 56.5 Å². The van der Waals surface area contributed by atoms with Crippen LogP contribution in [-0.4, -0.2) is 63.7 Å². The molecule has 1 fully saturated rings. The van der Waals surface area contributed by atoms with E-state index in [1.807, 2.05) is 47.4 Å². The second-order valence-corrected chi connectivity index (χ2v) is 7.91. The van der Waals surface area contributed by atoms with Crippen LogP contribution in [0.15, 0.2) is 59.6 Å². The number of halogens is 1. The summed E-state index contributed by atoms with van der Waals surface area (Å²) in [5.41, 5.74) is 1.27. The van der Waals surface area contributed by atoms with Crippen LogP contribution in [0.25, 0.3) is 0 Å². The Bertz CT molecular complexity index is 879. The molecule has 1 atom stereocenters. The third-order valence-corrected chi connectivity index (χ3v) is 5.51. The molecular weight excluding hydrogens is 531 g/mol. The van der Waals surface area contributed by atoms with Crippen LogP contribution in [-0.2, 0) is 11.2 Å². The number of nitrogens with one attached hydrogen (secondary N) is 2. The average molecular weight is 566 g/mol. The van der Waals surface area contributed by atoms with E-state index in [1.54, 1.807) is 14.2 Å². The topological polar surface area (TPSA) is 75.2 Å². The maximum atomic E-state index is 12.4. The van der Waals surface area contributed by atoms with Crippen LogP contribution in [0.4, 0.5) is 0 Å². The molecule has 1 aliphatic rings. The first-order chi connectivity index (χ1) is 15.7. The number of carbonyl (C=O) groups excluding carboxylic acids is 1. The van der Waals surface area contributed by atoms with Crippen LogP contribution >= 0.6 is 24.0 Å². The molecule has 2 N–H and O–H groups in total. The summed E-state index contributed by atoms with van der Waals surface area (Å²) in [6, 6.07) is 17.9. The van der Waals surface area contributed by atoms with Gasteiger partial charge in [-0.2, -0.15) is 0 Å². The van der Waals surface area contributed by atoms with Gasteiger partial charge in [-0.05, 0) is 30.5 Å². The van der Waals surface area contributed by atoms with E-state index in [9.17, 15) is 4.79 Å². The molecule has 3 rings (SSSR count). The van der Waals surface area contributed by atoms with Crippen molar-refractivity contribution in [1.29, 1.82) is 0 Å². The summed E-state index contributed by atoms with van der Waals surface area (Å²) in [4.78, 5) is 18.6. The van der Waals surface area contributed by atoms with Crippen molar-refractivity contribution in [2.24, 2.45) is 10.9 Å². The van der Waals surface area contributed by atoms with E-state index in [4.69, 9.17) is 9.47 Å². The first kappa shape index (κ1) is 26.8. The second kappa shape index (κ2) is 14.6. The summed E-state index contributed by atoms with van der Waals surface area (Å²) in [7, 11) is 3.40. The summed E-state index contributed by atoms with van der Waals surface area (Å²) in [6.07, 6.45) is 2.33. The largest absolute Gasteiger partial charge is 0.497 e. The highest BCUT2D eigenvalue weighted by Crippen LogP contribution is 2.19. The predicted octanol–water partition coefficient (Wildman–Crippen LogP) is 3.34. The second-order valence-electron chi connectivity index (χ2n) is 7.91. The summed E-state index contributed by atoms with van der Waals surface area (Å²) in [6.45, 7) is 3.65. The van der Waals surface area contributed by atoms with E-state index in [2.05, 4.69) is 27.8 Å². The highest BCUT2D eigenvalue weighted by atomic mass is 127. The molecule has 0 spiro atoms. The van der Waals surface area contributed by atoms with Gasteiger partial charge >= 0.3 is 0 Å². The first-order valence-electron chi connectivity index (χ1n) is 11.2. The van der Waals surface area contributed by atoms with Crippen LogP contribution in [0.1, 0.15) is 18.4 Å². The summed E-state index contributed by atoms with van der Waals surface area (Å²) >= 11 is 0. The number of hydrogen-bond donors (Lipinski definition) is 2. The number of benzene rings is 2. The average Bonchev–Trinajstić information content (AvgIpc) is 3.19. The number of amides is 1. The molecule has 8 heteroatoms. The molecule has 7 nitrogen and oxygen atoms in total. The van der Waals surface area contributed by atoms with Gasteiger partial charge in [0.2, 0.25) is 5.91 Å². The SMILES string of the molecule is CN=C(NCCCOc1cccc(OC)c1)NCC1CC(=O)N(CCc2ccccc2)C1.I. The van der Waals surface area contributed by atoms with Gasteiger partial charge < -0.3 is 25.0 Å². The van der Waals surface area contributed by atoms with Crippen molar-refractivity contribution in [3.05, 3.63) is 60.2 Å². The molecule has 0 saturated carbocycles. The van der Waals surface area contributed by atoms with Gasteiger partial charge in [0.1, 0.15) is 11.5 Å². The molecule has 1 saturated heterocycles. The zero-order chi connectivity index (χ0) is 22.6. The Labute approximate surface area is 214 Å². The van der Waals surface area contributed by atoms with Gasteiger partial charge in [0, 0.05) is 51.6 Å². The van der Waals surface area contributed by atoms with E-state index in [1.165, 1.54) is 5.56 Å². The van der Waals surface area contributed by atoms with Crippen molar-refractivity contribution in [3.8, 4) is 11.5 Å². The fourth-order valence-electron chi connectivity index (χ4n) is 3.74. The zero-order valence-electron chi connectivity index (χ0n) is 19.5. The highest BCUT2D eigenvalue weighted by molar-refractivity contribution is 14.0. The summed E-state index contributed by atoms with van der Waals surface area (Å²) in [5, 5.41) is 6.66. The van der Waals surface area contributed by atoms with Crippen LogP contribution in [0.3, 0.4) is 0 Å². The van der Waals surface area contributed by atoms with Crippen molar-refractivity contribution in [2.75, 3.05) is 46.9 Å². The molecular formula is C25H35IN4O3. The van der Waals surface area contributed by atoms with Gasteiger partial charge in [-0.3, -0.25) is 9.79 Å². The number of methoxy groups -OCH3 is 1. The molecule has 0 aromatic heterocycles. The molecule has 2 aromatic carbocycles. The monoisotopic (exact) mass is 566 g/mol. The van der Waals surface area contributed by atoms with Crippen LogP contribution in [0, 0.1) is 5.92 Å². The molecule has 180 valence electrons. The Morgan fingerprint density at radius 1 is 1.12 bits per heavy atom. The molecule has 1 unspecified atom stereocenters. The molecule has 0 aliphatic carbocycles. The normalized spacial score (nSPS) is 15.7. The van der Waals surface area contributed by atoms with Crippen LogP contribution < -0.4 is 20.1 Å². The van der Waals surface area contributed by atoms with Crippen molar-refractivity contribution in [1.82, 2.24) is 15.5 Å². The Kier molecular flexibility index (Phi) is 11.9. The van der Waals surface area contributed by atoms with Gasteiger partial charge in [-0.1, -0.05) is 36.4 Å². The van der Waals surface area contributed by atoms with Gasteiger partial charge in [0.05, 0.1) is 13.7 Å². The maximum Gasteiger partial charge on any atom is 0.223 e. The van der Waals surface area contributed by atoms with E-state index in [0.29, 0.717) is 18.9 Å². The lowest BCUT2D eigenvalue weighted by Crippen LogP contribution is -2.41. The quantitative estimate of drug-likeness (QED) is 0.189. The van der Waals surface area contributed by atoms with E-state index < -0.39 is 0 Å². The van der Waals surface area contributed by atoms with E-state index >= 15 is 0 Å². The number of nitrogens with zero attached hydrogens (tertiary/aromatic N) is 2. The van der Waals surface area contributed by atoms with Crippen molar-refractivity contribution >= 4 is 35.8 Å². The lowest BCUT2D eigenvalue weighted by molar-refractivity contribution is -0.127. The van der Waals surface area contributed by atoms with E-state index in [-0.39, 0.29) is 29.9 Å². The molecule has 1 heterocycles. The molecule has 2 aromatic rings. The van der Waals surface area contributed by atoms with Crippen molar-refractivity contribution in [2.45, 2.75) is 19.3 Å². The van der Waals surface area contributed by atoms with Gasteiger partial charge in [-0.15, -0.1) is 24.0 Å². The Balaban J connectivity index is 0.00000385. The standard InChI is InChI=1S/C25H34N4O3.HI/c1-26-25(27-13-7-15-32-23-11-6-10-22(17-23)31-2)28-18-21-16-24(30)29(19-21)14-12-20-8-4-3-5-9-20;/h3-6,8-11,17,21H,7,12-16,18-19H2,1-2H3,(H2,26,27,28);1H. The number of carbonyl (C=O) groups is 1. The fraction of sp³-hybridized carbons (Fsp3) is 0.440. The number of guanidine groups is 1. The summed E-state index contributed by atoms with van der Waals surface area (Å²) < 4.78 is 11.0. The number of ether oxygens (including phenoxy) is 2. The van der Waals surface area contributed by atoms with Crippen LogP contribution in [0.5, 0.6) is 11.5 Å². The number of hydrogen-bond acceptors (Lipinski definition) is 4. The lowest BCUT2D eigenvalue weighted by Gasteiger charge is -2.18. The Morgan fingerprint density at radius 3 is 2.67 bits per heavy atom. The molecule has 33 heavy (non-hydrogen) atoms. The van der Waals surface area contributed by atoms with Gasteiger partial charge in [0.15, 0.2) is 5.96 Å². The minimum Gasteiger partial charge on any atom is -0.497 e. The Hall–Kier alpha value is -2.49. The molecule has 1 aliphatic heterocycles. The Morgan fingerprint density at radius 2 is 1.91 bits per heavy atom. The zero-order valence-corrected chi connectivity index (χ0v) is 21.8. The molecule has 1 amide bonds. The van der Waals surface area contributed by atoms with Crippen LogP contribution in [0.2, 0.25) is 0 Å². The maximum absolute atomic E-state index is 12.4. The van der Waals surface area contributed by atoms with Gasteiger partial charge in [0.25, 0.3) is 0 Å². The number of rotatable bonds is 11. The fourth-order valence-corrected chi connectivity index (χ4v) is 3.74. The number of likely N-dealkylation sites (tertiary alicyclic amines) is 1. The first-order valence-corrected chi connectivity index (χ1v) is 11.2. The lowest BCUT2D eigenvalue weighted by atomic mass is 10.1. The van der Waals surface area contributed by atoms with Crippen molar-refractivity contribution < 1.29 is 14.3 Å². The smallest absolute Gasteiger partial charge is 0.223 e. The number of aliphatic imine (C=N–C) groups is 1. The van der Waals surface area contributed by atoms with Crippen molar-refractivity contribution in [3.63, 3.8) is 0 Å². The minimum absolute atomic E-state index is 0. The minimum atomic E-state index is 0. The highest BCUT2D eigenvalue weighted by Gasteiger charge is 2.29. The third kappa shape index (κ3) is 9.11. The summed E-state index contributed by atoms with van der Waals surface area (Å²) in [5.74, 6) is 2.88. The predicted molar refractivity (Wildman–Crippen MR) is 143 cm³/mol.